The Morgan fingerprint density at radius 1 is 1.32 bits per heavy atom. The molecule has 132 valence electrons. The van der Waals surface area contributed by atoms with Gasteiger partial charge in [0.2, 0.25) is 0 Å². The van der Waals surface area contributed by atoms with Crippen LogP contribution in [0.3, 0.4) is 0 Å². The summed E-state index contributed by atoms with van der Waals surface area (Å²) in [7, 11) is 0. The zero-order valence-corrected chi connectivity index (χ0v) is 15.1. The number of ether oxygens (including phenoxy) is 1. The third kappa shape index (κ3) is 5.36. The van der Waals surface area contributed by atoms with Crippen LogP contribution in [0.4, 0.5) is 0 Å². The molecule has 2 nitrogen and oxygen atoms in total. The molecule has 0 N–H and O–H groups in total. The Hall–Kier alpha value is -2.27. The molecule has 0 heterocycles. The summed E-state index contributed by atoms with van der Waals surface area (Å²) in [5.41, 5.74) is 1.91. The SMILES string of the molecule is C#CC(OC(=O)C(c1ccccc1)C1CCCCC1)C(C)=CCC=C. The van der Waals surface area contributed by atoms with E-state index in [1.165, 1.54) is 19.3 Å². The molecule has 1 aromatic carbocycles. The van der Waals surface area contributed by atoms with Crippen LogP contribution in [0.15, 0.2) is 54.6 Å². The van der Waals surface area contributed by atoms with Crippen LogP contribution in [0.2, 0.25) is 0 Å². The predicted octanol–water partition coefficient (Wildman–Crippen LogP) is 5.42. The fraction of sp³-hybridized carbons (Fsp3) is 0.435. The number of rotatable bonds is 7. The van der Waals surface area contributed by atoms with Crippen molar-refractivity contribution in [3.63, 3.8) is 0 Å². The van der Waals surface area contributed by atoms with Crippen molar-refractivity contribution in [1.29, 1.82) is 0 Å². The number of hydrogen-bond donors (Lipinski definition) is 0. The molecule has 2 rings (SSSR count). The van der Waals surface area contributed by atoms with Crippen molar-refractivity contribution in [2.24, 2.45) is 5.92 Å². The van der Waals surface area contributed by atoms with E-state index in [0.717, 1.165) is 24.0 Å². The van der Waals surface area contributed by atoms with Gasteiger partial charge in [-0.2, -0.15) is 0 Å². The van der Waals surface area contributed by atoms with Gasteiger partial charge in [0.15, 0.2) is 6.10 Å². The standard InChI is InChI=1S/C23H28O2/c1-4-6-13-18(3)21(5-2)25-23(24)22(19-14-9-7-10-15-19)20-16-11-8-12-17-20/h2,4,7,9-10,13-15,20-22H,1,6,8,11-12,16-17H2,3H3. The summed E-state index contributed by atoms with van der Waals surface area (Å²) in [6.07, 6.45) is 15.2. The van der Waals surface area contributed by atoms with Crippen molar-refractivity contribution in [3.8, 4) is 12.3 Å². The highest BCUT2D eigenvalue weighted by molar-refractivity contribution is 5.79. The number of esters is 1. The van der Waals surface area contributed by atoms with Gasteiger partial charge < -0.3 is 4.74 Å². The van der Waals surface area contributed by atoms with Gasteiger partial charge in [0.1, 0.15) is 0 Å². The second-order valence-electron chi connectivity index (χ2n) is 6.74. The third-order valence-corrected chi connectivity index (χ3v) is 4.94. The molecule has 0 aliphatic heterocycles. The van der Waals surface area contributed by atoms with Crippen LogP contribution in [-0.2, 0) is 9.53 Å². The van der Waals surface area contributed by atoms with Gasteiger partial charge in [-0.1, -0.05) is 67.7 Å². The van der Waals surface area contributed by atoms with Gasteiger partial charge in [-0.05, 0) is 43.2 Å². The van der Waals surface area contributed by atoms with Crippen molar-refractivity contribution in [3.05, 3.63) is 60.2 Å². The zero-order chi connectivity index (χ0) is 18.1. The first kappa shape index (κ1) is 19.1. The summed E-state index contributed by atoms with van der Waals surface area (Å²) in [4.78, 5) is 13.0. The molecule has 0 aromatic heterocycles. The minimum absolute atomic E-state index is 0.201. The maximum absolute atomic E-state index is 13.0. The lowest BCUT2D eigenvalue weighted by Crippen LogP contribution is -2.29. The van der Waals surface area contributed by atoms with E-state index in [2.05, 4.69) is 12.5 Å². The minimum atomic E-state index is -0.609. The molecular weight excluding hydrogens is 308 g/mol. The maximum atomic E-state index is 13.0. The molecule has 1 saturated carbocycles. The van der Waals surface area contributed by atoms with E-state index in [1.54, 1.807) is 6.08 Å². The first-order valence-corrected chi connectivity index (χ1v) is 9.16. The Morgan fingerprint density at radius 2 is 2.00 bits per heavy atom. The van der Waals surface area contributed by atoms with E-state index < -0.39 is 6.10 Å². The van der Waals surface area contributed by atoms with E-state index in [1.807, 2.05) is 43.3 Å². The summed E-state index contributed by atoms with van der Waals surface area (Å²) in [6.45, 7) is 5.61. The zero-order valence-electron chi connectivity index (χ0n) is 15.1. The summed E-state index contributed by atoms with van der Waals surface area (Å²) in [5.74, 6) is 2.50. The molecule has 0 saturated heterocycles. The van der Waals surface area contributed by atoms with E-state index in [0.29, 0.717) is 12.3 Å². The lowest BCUT2D eigenvalue weighted by Gasteiger charge is -2.30. The summed E-state index contributed by atoms with van der Waals surface area (Å²) < 4.78 is 5.75. The van der Waals surface area contributed by atoms with Gasteiger partial charge in [-0.3, -0.25) is 4.79 Å². The average Bonchev–Trinajstić information content (AvgIpc) is 2.66. The van der Waals surface area contributed by atoms with Crippen LogP contribution >= 0.6 is 0 Å². The van der Waals surface area contributed by atoms with Crippen LogP contribution in [0.25, 0.3) is 0 Å². The van der Waals surface area contributed by atoms with E-state index in [-0.39, 0.29) is 11.9 Å². The Kier molecular flexibility index (Phi) is 7.54. The third-order valence-electron chi connectivity index (χ3n) is 4.94. The summed E-state index contributed by atoms with van der Waals surface area (Å²) in [6, 6.07) is 9.97. The number of benzene rings is 1. The quantitative estimate of drug-likeness (QED) is 0.378. The van der Waals surface area contributed by atoms with Gasteiger partial charge in [0, 0.05) is 0 Å². The molecule has 0 amide bonds. The van der Waals surface area contributed by atoms with E-state index in [4.69, 9.17) is 11.2 Å². The van der Waals surface area contributed by atoms with Crippen LogP contribution in [0.1, 0.15) is 56.9 Å². The van der Waals surface area contributed by atoms with Crippen molar-refractivity contribution in [2.45, 2.75) is 57.5 Å². The smallest absolute Gasteiger partial charge is 0.315 e. The van der Waals surface area contributed by atoms with Gasteiger partial charge in [0.25, 0.3) is 0 Å². The second kappa shape index (κ2) is 9.89. The average molecular weight is 336 g/mol. The highest BCUT2D eigenvalue weighted by Crippen LogP contribution is 2.37. The molecule has 0 spiro atoms. The molecule has 1 aliphatic carbocycles. The molecule has 1 aromatic rings. The summed E-state index contributed by atoms with van der Waals surface area (Å²) >= 11 is 0. The van der Waals surface area contributed by atoms with Crippen LogP contribution in [-0.4, -0.2) is 12.1 Å². The molecular formula is C23H28O2. The van der Waals surface area contributed by atoms with Crippen LogP contribution in [0, 0.1) is 18.3 Å². The monoisotopic (exact) mass is 336 g/mol. The van der Waals surface area contributed by atoms with E-state index >= 15 is 0 Å². The Bertz CT molecular complexity index is 630. The molecule has 2 atom stereocenters. The lowest BCUT2D eigenvalue weighted by atomic mass is 9.77. The Morgan fingerprint density at radius 3 is 2.60 bits per heavy atom. The minimum Gasteiger partial charge on any atom is -0.444 e. The van der Waals surface area contributed by atoms with Gasteiger partial charge in [-0.15, -0.1) is 13.0 Å². The number of hydrogen-bond acceptors (Lipinski definition) is 2. The highest BCUT2D eigenvalue weighted by atomic mass is 16.5. The molecule has 2 heteroatoms. The van der Waals surface area contributed by atoms with Crippen molar-refractivity contribution >= 4 is 5.97 Å². The lowest BCUT2D eigenvalue weighted by molar-refractivity contribution is -0.148. The number of terminal acetylenes is 1. The molecule has 0 bridgehead atoms. The Labute approximate surface area is 152 Å². The molecule has 2 unspecified atom stereocenters. The fourth-order valence-corrected chi connectivity index (χ4v) is 3.55. The van der Waals surface area contributed by atoms with Crippen molar-refractivity contribution in [1.82, 2.24) is 0 Å². The van der Waals surface area contributed by atoms with Gasteiger partial charge >= 0.3 is 5.97 Å². The maximum Gasteiger partial charge on any atom is 0.315 e. The van der Waals surface area contributed by atoms with Crippen LogP contribution < -0.4 is 0 Å². The second-order valence-corrected chi connectivity index (χ2v) is 6.74. The van der Waals surface area contributed by atoms with Crippen molar-refractivity contribution < 1.29 is 9.53 Å². The van der Waals surface area contributed by atoms with E-state index in [9.17, 15) is 4.79 Å². The molecule has 25 heavy (non-hydrogen) atoms. The molecule has 1 fully saturated rings. The Balaban J connectivity index is 2.20. The summed E-state index contributed by atoms with van der Waals surface area (Å²) in [5, 5.41) is 0. The molecule has 0 radical (unpaired) electrons. The normalized spacial score (nSPS) is 18.0. The van der Waals surface area contributed by atoms with Crippen molar-refractivity contribution in [2.75, 3.05) is 0 Å². The number of carbonyl (C=O) groups is 1. The van der Waals surface area contributed by atoms with Gasteiger partial charge in [-0.25, -0.2) is 0 Å². The topological polar surface area (TPSA) is 26.3 Å². The number of allylic oxidation sites excluding steroid dienone is 2. The fourth-order valence-electron chi connectivity index (χ4n) is 3.55. The predicted molar refractivity (Wildman–Crippen MR) is 103 cm³/mol. The number of carbonyl (C=O) groups excluding carboxylic acids is 1. The molecule has 1 aliphatic rings. The highest BCUT2D eigenvalue weighted by Gasteiger charge is 2.33. The first-order valence-electron chi connectivity index (χ1n) is 9.16. The first-order chi connectivity index (χ1) is 12.2. The van der Waals surface area contributed by atoms with Crippen LogP contribution in [0.5, 0.6) is 0 Å². The largest absolute Gasteiger partial charge is 0.444 e. The van der Waals surface area contributed by atoms with Gasteiger partial charge in [0.05, 0.1) is 5.92 Å².